The van der Waals surface area contributed by atoms with Crippen LogP contribution in [0.1, 0.15) is 23.0 Å². The number of pyridine rings is 1. The number of hydrogen-bond acceptors (Lipinski definition) is 4. The third kappa shape index (κ3) is 3.34. The maximum Gasteiger partial charge on any atom is 0.257 e. The first-order valence-corrected chi connectivity index (χ1v) is 9.91. The van der Waals surface area contributed by atoms with Crippen LogP contribution < -0.4 is 10.7 Å². The van der Waals surface area contributed by atoms with Gasteiger partial charge in [0.05, 0.1) is 11.2 Å². The van der Waals surface area contributed by atoms with Crippen LogP contribution in [0.4, 0.5) is 5.13 Å². The van der Waals surface area contributed by atoms with Crippen LogP contribution in [0.15, 0.2) is 64.8 Å². The molecule has 0 radical (unpaired) electrons. The van der Waals surface area contributed by atoms with E-state index in [2.05, 4.69) is 14.9 Å². The number of hydrogen-bond donors (Lipinski definition) is 1. The van der Waals surface area contributed by atoms with Gasteiger partial charge in [-0.2, -0.15) is 0 Å². The minimum Gasteiger partial charge on any atom is -0.345 e. The topological polar surface area (TPSA) is 64.0 Å². The molecule has 1 N–H and O–H groups in total. The number of anilines is 1. The van der Waals surface area contributed by atoms with Crippen LogP contribution in [0.3, 0.4) is 0 Å². The minimum absolute atomic E-state index is 0.0764. The van der Waals surface area contributed by atoms with Crippen molar-refractivity contribution in [1.29, 1.82) is 0 Å². The van der Waals surface area contributed by atoms with Gasteiger partial charge in [-0.25, -0.2) is 4.98 Å². The van der Waals surface area contributed by atoms with Gasteiger partial charge in [0.2, 0.25) is 0 Å². The highest BCUT2D eigenvalue weighted by atomic mass is 32.1. The maximum atomic E-state index is 12.7. The average Bonchev–Trinajstić information content (AvgIpc) is 3.17. The molecule has 140 valence electrons. The van der Waals surface area contributed by atoms with E-state index in [9.17, 15) is 9.59 Å². The molecule has 28 heavy (non-hydrogen) atoms. The summed E-state index contributed by atoms with van der Waals surface area (Å²) in [6.07, 6.45) is 0. The fraction of sp³-hybridized carbons (Fsp3) is 0.136. The number of amides is 1. The van der Waals surface area contributed by atoms with E-state index in [1.165, 1.54) is 11.3 Å². The second-order valence-corrected chi connectivity index (χ2v) is 7.34. The van der Waals surface area contributed by atoms with Gasteiger partial charge in [0.1, 0.15) is 0 Å². The van der Waals surface area contributed by atoms with Crippen molar-refractivity contribution >= 4 is 33.3 Å². The molecule has 2 aromatic heterocycles. The smallest absolute Gasteiger partial charge is 0.257 e. The molecule has 0 saturated heterocycles. The Bertz CT molecular complexity index is 1230. The van der Waals surface area contributed by atoms with Crippen LogP contribution in [0.2, 0.25) is 0 Å². The van der Waals surface area contributed by atoms with Gasteiger partial charge < -0.3 is 4.57 Å². The fourth-order valence-electron chi connectivity index (χ4n) is 3.31. The summed E-state index contributed by atoms with van der Waals surface area (Å²) in [6.45, 7) is 4.71. The molecule has 6 heteroatoms. The Kier molecular flexibility index (Phi) is 4.79. The first kappa shape index (κ1) is 18.1. The lowest BCUT2D eigenvalue weighted by Gasteiger charge is -2.13. The largest absolute Gasteiger partial charge is 0.345 e. The number of benzene rings is 2. The quantitative estimate of drug-likeness (QED) is 0.550. The molecular weight excluding hydrogens is 370 g/mol. The Morgan fingerprint density at radius 1 is 1.14 bits per heavy atom. The Hall–Kier alpha value is -3.25. The van der Waals surface area contributed by atoms with E-state index in [0.717, 1.165) is 29.0 Å². The third-order valence-corrected chi connectivity index (χ3v) is 5.45. The summed E-state index contributed by atoms with van der Waals surface area (Å²) in [5.74, 6) is -0.279. The van der Waals surface area contributed by atoms with Gasteiger partial charge in [0.25, 0.3) is 5.91 Å². The lowest BCUT2D eigenvalue weighted by atomic mass is 10.1. The molecule has 2 heterocycles. The van der Waals surface area contributed by atoms with Crippen molar-refractivity contribution < 1.29 is 4.79 Å². The number of fused-ring (bicyclic) bond motifs is 1. The SMILES string of the molecule is CCn1c(C)cc(=O)c2cc(C(=O)Nc3nc(-c4ccccc4)cs3)ccc21. The average molecular weight is 389 g/mol. The van der Waals surface area contributed by atoms with E-state index in [4.69, 9.17) is 0 Å². The van der Waals surface area contributed by atoms with Gasteiger partial charge in [0.15, 0.2) is 10.6 Å². The van der Waals surface area contributed by atoms with Gasteiger partial charge in [-0.05, 0) is 32.0 Å². The number of aromatic nitrogens is 2. The van der Waals surface area contributed by atoms with Gasteiger partial charge in [-0.3, -0.25) is 14.9 Å². The minimum atomic E-state index is -0.279. The van der Waals surface area contributed by atoms with Crippen LogP contribution in [-0.2, 0) is 6.54 Å². The van der Waals surface area contributed by atoms with Gasteiger partial charge in [-0.1, -0.05) is 30.3 Å². The number of nitrogens with one attached hydrogen (secondary N) is 1. The second kappa shape index (κ2) is 7.40. The third-order valence-electron chi connectivity index (χ3n) is 4.69. The zero-order valence-corrected chi connectivity index (χ0v) is 16.4. The molecule has 0 atom stereocenters. The van der Waals surface area contributed by atoms with Crippen molar-refractivity contribution in [3.05, 3.63) is 81.5 Å². The van der Waals surface area contributed by atoms with Crippen LogP contribution in [0.5, 0.6) is 0 Å². The van der Waals surface area contributed by atoms with Gasteiger partial charge in [-0.15, -0.1) is 11.3 Å². The molecule has 0 fully saturated rings. The van der Waals surface area contributed by atoms with Crippen LogP contribution in [0.25, 0.3) is 22.2 Å². The van der Waals surface area contributed by atoms with E-state index < -0.39 is 0 Å². The molecule has 5 nitrogen and oxygen atoms in total. The van der Waals surface area contributed by atoms with Crippen LogP contribution >= 0.6 is 11.3 Å². The van der Waals surface area contributed by atoms with E-state index in [1.54, 1.807) is 18.2 Å². The highest BCUT2D eigenvalue weighted by Gasteiger charge is 2.13. The van der Waals surface area contributed by atoms with E-state index >= 15 is 0 Å². The summed E-state index contributed by atoms with van der Waals surface area (Å²) in [5, 5.41) is 5.82. The summed E-state index contributed by atoms with van der Waals surface area (Å²) in [4.78, 5) is 29.6. The molecule has 4 rings (SSSR count). The molecular formula is C22H19N3O2S. The molecule has 2 aromatic carbocycles. The van der Waals surface area contributed by atoms with Crippen molar-refractivity contribution in [2.75, 3.05) is 5.32 Å². The maximum absolute atomic E-state index is 12.7. The Morgan fingerprint density at radius 3 is 2.68 bits per heavy atom. The zero-order chi connectivity index (χ0) is 19.7. The van der Waals surface area contributed by atoms with Crippen molar-refractivity contribution in [3.8, 4) is 11.3 Å². The molecule has 0 aliphatic carbocycles. The first-order valence-electron chi connectivity index (χ1n) is 9.03. The van der Waals surface area contributed by atoms with Crippen molar-refractivity contribution in [3.63, 3.8) is 0 Å². The fourth-order valence-corrected chi connectivity index (χ4v) is 4.02. The summed E-state index contributed by atoms with van der Waals surface area (Å²) in [6, 6.07) is 16.7. The van der Waals surface area contributed by atoms with Gasteiger partial charge >= 0.3 is 0 Å². The standard InChI is InChI=1S/C22H19N3O2S/c1-3-25-14(2)11-20(26)17-12-16(9-10-19(17)25)21(27)24-22-23-18(13-28-22)15-7-5-4-6-8-15/h4-13H,3H2,1-2H3,(H,23,24,27). The Labute approximate surface area is 166 Å². The summed E-state index contributed by atoms with van der Waals surface area (Å²) < 4.78 is 2.06. The Balaban J connectivity index is 1.63. The highest BCUT2D eigenvalue weighted by Crippen LogP contribution is 2.25. The van der Waals surface area contributed by atoms with Crippen molar-refractivity contribution in [1.82, 2.24) is 9.55 Å². The molecule has 4 aromatic rings. The predicted molar refractivity (Wildman–Crippen MR) is 114 cm³/mol. The number of nitrogens with zero attached hydrogens (tertiary/aromatic N) is 2. The van der Waals surface area contributed by atoms with E-state index in [0.29, 0.717) is 16.1 Å². The molecule has 0 aliphatic rings. The van der Waals surface area contributed by atoms with E-state index in [1.807, 2.05) is 55.6 Å². The normalized spacial score (nSPS) is 10.9. The highest BCUT2D eigenvalue weighted by molar-refractivity contribution is 7.14. The lowest BCUT2D eigenvalue weighted by molar-refractivity contribution is 0.102. The second-order valence-electron chi connectivity index (χ2n) is 6.48. The molecule has 0 saturated carbocycles. The predicted octanol–water partition coefficient (Wildman–Crippen LogP) is 4.71. The molecule has 1 amide bonds. The molecule has 0 aliphatic heterocycles. The summed E-state index contributed by atoms with van der Waals surface area (Å²) in [7, 11) is 0. The van der Waals surface area contributed by atoms with Crippen molar-refractivity contribution in [2.45, 2.75) is 20.4 Å². The summed E-state index contributed by atoms with van der Waals surface area (Å²) in [5.41, 5.74) is 3.93. The number of thiazole rings is 1. The number of rotatable bonds is 4. The summed E-state index contributed by atoms with van der Waals surface area (Å²) >= 11 is 1.37. The number of carbonyl (C=O) groups is 1. The van der Waals surface area contributed by atoms with E-state index in [-0.39, 0.29) is 11.3 Å². The monoisotopic (exact) mass is 389 g/mol. The molecule has 0 bridgehead atoms. The lowest BCUT2D eigenvalue weighted by Crippen LogP contribution is -2.15. The first-order chi connectivity index (χ1) is 13.6. The molecule has 0 unspecified atom stereocenters. The Morgan fingerprint density at radius 2 is 1.93 bits per heavy atom. The molecule has 0 spiro atoms. The van der Waals surface area contributed by atoms with Crippen molar-refractivity contribution in [2.24, 2.45) is 0 Å². The van der Waals surface area contributed by atoms with Gasteiger partial charge in [0, 0.05) is 40.2 Å². The van der Waals surface area contributed by atoms with Crippen LogP contribution in [0, 0.1) is 6.92 Å². The number of carbonyl (C=O) groups excluding carboxylic acids is 1. The number of aryl methyl sites for hydroxylation is 2. The van der Waals surface area contributed by atoms with Crippen LogP contribution in [-0.4, -0.2) is 15.5 Å². The zero-order valence-electron chi connectivity index (χ0n) is 15.6.